The number of hydrogen-bond donors (Lipinski definition) is 1. The van der Waals surface area contributed by atoms with Gasteiger partial charge in [0, 0.05) is 5.54 Å². The number of rotatable bonds is 1. The molecule has 0 radical (unpaired) electrons. The lowest BCUT2D eigenvalue weighted by Gasteiger charge is -2.15. The van der Waals surface area contributed by atoms with Crippen LogP contribution in [0.2, 0.25) is 0 Å². The monoisotopic (exact) mass is 175 g/mol. The highest BCUT2D eigenvalue weighted by Gasteiger charge is 2.53. The van der Waals surface area contributed by atoms with Gasteiger partial charge in [-0.05, 0) is 25.7 Å². The van der Waals surface area contributed by atoms with Crippen molar-refractivity contribution in [2.24, 2.45) is 5.73 Å². The molecular weight excluding hydrogens is 162 g/mol. The van der Waals surface area contributed by atoms with Crippen LogP contribution in [0.15, 0.2) is 0 Å². The summed E-state index contributed by atoms with van der Waals surface area (Å²) >= 11 is 0. The highest BCUT2D eigenvalue weighted by atomic mass is 32.2. The fraction of sp³-hybridized carbons (Fsp3) is 1.00. The highest BCUT2D eigenvalue weighted by molar-refractivity contribution is 7.92. The first-order chi connectivity index (χ1) is 5.05. The van der Waals surface area contributed by atoms with E-state index in [0.717, 1.165) is 25.7 Å². The minimum Gasteiger partial charge on any atom is -0.324 e. The van der Waals surface area contributed by atoms with E-state index in [4.69, 9.17) is 5.73 Å². The molecule has 0 amide bonds. The van der Waals surface area contributed by atoms with Crippen molar-refractivity contribution in [1.29, 1.82) is 0 Å². The maximum absolute atomic E-state index is 11.4. The summed E-state index contributed by atoms with van der Waals surface area (Å²) in [7, 11) is -2.81. The summed E-state index contributed by atoms with van der Waals surface area (Å²) in [5.41, 5.74) is 5.52. The lowest BCUT2D eigenvalue weighted by atomic mass is 10.1. The molecule has 0 aromatic heterocycles. The highest BCUT2D eigenvalue weighted by Crippen LogP contribution is 2.43. The first kappa shape index (κ1) is 7.55. The molecule has 1 heterocycles. The number of sulfone groups is 1. The van der Waals surface area contributed by atoms with Crippen LogP contribution >= 0.6 is 0 Å². The van der Waals surface area contributed by atoms with Gasteiger partial charge in [0.25, 0.3) is 0 Å². The van der Waals surface area contributed by atoms with Gasteiger partial charge in [0.05, 0.1) is 11.0 Å². The van der Waals surface area contributed by atoms with Crippen LogP contribution in [0.3, 0.4) is 0 Å². The summed E-state index contributed by atoms with van der Waals surface area (Å²) in [5.74, 6) is 0.358. The van der Waals surface area contributed by atoms with Crippen molar-refractivity contribution in [2.45, 2.75) is 36.5 Å². The molecule has 3 nitrogen and oxygen atoms in total. The Kier molecular flexibility index (Phi) is 1.36. The Hall–Kier alpha value is -0.0900. The van der Waals surface area contributed by atoms with E-state index in [2.05, 4.69) is 0 Å². The molecule has 0 aromatic rings. The summed E-state index contributed by atoms with van der Waals surface area (Å²) < 4.78 is 22.7. The van der Waals surface area contributed by atoms with Crippen molar-refractivity contribution < 1.29 is 8.42 Å². The van der Waals surface area contributed by atoms with Crippen LogP contribution in [0.4, 0.5) is 0 Å². The molecule has 1 atom stereocenters. The smallest absolute Gasteiger partial charge is 0.154 e. The molecule has 2 fully saturated rings. The third-order valence-corrected chi connectivity index (χ3v) is 5.23. The Morgan fingerprint density at radius 2 is 2.00 bits per heavy atom. The Bertz CT molecular complexity index is 266. The van der Waals surface area contributed by atoms with Crippen LogP contribution in [0.5, 0.6) is 0 Å². The van der Waals surface area contributed by atoms with Crippen molar-refractivity contribution in [3.8, 4) is 0 Å². The molecular formula is C7H13NO2S. The van der Waals surface area contributed by atoms with Gasteiger partial charge in [-0.3, -0.25) is 0 Å². The van der Waals surface area contributed by atoms with Crippen LogP contribution in [0.1, 0.15) is 25.7 Å². The van der Waals surface area contributed by atoms with Gasteiger partial charge in [-0.1, -0.05) is 0 Å². The lowest BCUT2D eigenvalue weighted by molar-refractivity contribution is 0.549. The van der Waals surface area contributed by atoms with E-state index in [-0.39, 0.29) is 10.8 Å². The molecule has 1 saturated carbocycles. The third kappa shape index (κ3) is 1.08. The molecule has 1 aliphatic carbocycles. The molecule has 0 bridgehead atoms. The predicted octanol–water partition coefficient (Wildman–Crippen LogP) is 0.0549. The average Bonchev–Trinajstić information content (AvgIpc) is 2.50. The number of hydrogen-bond acceptors (Lipinski definition) is 3. The molecule has 1 unspecified atom stereocenters. The molecule has 2 aliphatic rings. The van der Waals surface area contributed by atoms with Crippen LogP contribution in [-0.4, -0.2) is 25.0 Å². The van der Waals surface area contributed by atoms with E-state index >= 15 is 0 Å². The van der Waals surface area contributed by atoms with Crippen molar-refractivity contribution in [2.75, 3.05) is 5.75 Å². The van der Waals surface area contributed by atoms with Crippen LogP contribution in [0, 0.1) is 0 Å². The zero-order valence-corrected chi connectivity index (χ0v) is 7.23. The molecule has 0 aromatic carbocycles. The van der Waals surface area contributed by atoms with Gasteiger partial charge in [0.15, 0.2) is 9.84 Å². The van der Waals surface area contributed by atoms with E-state index in [1.54, 1.807) is 0 Å². The van der Waals surface area contributed by atoms with Gasteiger partial charge in [0.2, 0.25) is 0 Å². The van der Waals surface area contributed by atoms with Crippen LogP contribution < -0.4 is 5.73 Å². The summed E-state index contributed by atoms with van der Waals surface area (Å²) in [5, 5.41) is -0.213. The van der Waals surface area contributed by atoms with Gasteiger partial charge in [-0.25, -0.2) is 8.42 Å². The second-order valence-corrected chi connectivity index (χ2v) is 6.03. The quantitative estimate of drug-likeness (QED) is 0.613. The molecule has 64 valence electrons. The maximum Gasteiger partial charge on any atom is 0.154 e. The van der Waals surface area contributed by atoms with E-state index in [0.29, 0.717) is 5.75 Å². The molecule has 1 saturated heterocycles. The molecule has 1 aliphatic heterocycles. The van der Waals surface area contributed by atoms with Crippen molar-refractivity contribution in [1.82, 2.24) is 0 Å². The fourth-order valence-electron chi connectivity index (χ4n) is 1.90. The third-order valence-electron chi connectivity index (χ3n) is 2.80. The summed E-state index contributed by atoms with van der Waals surface area (Å²) in [6.45, 7) is 0. The SMILES string of the molecule is NC1(C2CCCS2(=O)=O)CC1. The Balaban J connectivity index is 2.27. The topological polar surface area (TPSA) is 60.2 Å². The van der Waals surface area contributed by atoms with Gasteiger partial charge in [0.1, 0.15) is 0 Å². The second kappa shape index (κ2) is 1.98. The lowest BCUT2D eigenvalue weighted by Crippen LogP contribution is -2.40. The number of nitrogens with two attached hydrogens (primary N) is 1. The summed E-state index contributed by atoms with van der Waals surface area (Å²) in [6.07, 6.45) is 3.40. The van der Waals surface area contributed by atoms with Crippen molar-refractivity contribution >= 4 is 9.84 Å². The molecule has 2 N–H and O–H groups in total. The van der Waals surface area contributed by atoms with Crippen molar-refractivity contribution in [3.63, 3.8) is 0 Å². The fourth-order valence-corrected chi connectivity index (χ4v) is 4.23. The van der Waals surface area contributed by atoms with Crippen LogP contribution in [-0.2, 0) is 9.84 Å². The van der Waals surface area contributed by atoms with Gasteiger partial charge in [-0.2, -0.15) is 0 Å². The van der Waals surface area contributed by atoms with Crippen molar-refractivity contribution in [3.05, 3.63) is 0 Å². The zero-order valence-electron chi connectivity index (χ0n) is 6.41. The van der Waals surface area contributed by atoms with E-state index in [9.17, 15) is 8.42 Å². The normalized spacial score (nSPS) is 38.8. The first-order valence-corrected chi connectivity index (χ1v) is 5.77. The minimum absolute atomic E-state index is 0.213. The molecule has 11 heavy (non-hydrogen) atoms. The predicted molar refractivity (Wildman–Crippen MR) is 43.0 cm³/mol. The Morgan fingerprint density at radius 1 is 1.36 bits per heavy atom. The average molecular weight is 175 g/mol. The standard InChI is InChI=1S/C7H13NO2S/c8-7(3-4-7)6-2-1-5-11(6,9)10/h6H,1-5,8H2. The van der Waals surface area contributed by atoms with Gasteiger partial charge in [-0.15, -0.1) is 0 Å². The van der Waals surface area contributed by atoms with E-state index < -0.39 is 9.84 Å². The Morgan fingerprint density at radius 3 is 2.36 bits per heavy atom. The minimum atomic E-state index is -2.81. The molecule has 4 heteroatoms. The van der Waals surface area contributed by atoms with E-state index in [1.165, 1.54) is 0 Å². The van der Waals surface area contributed by atoms with Gasteiger partial charge < -0.3 is 5.73 Å². The Labute approximate surface area is 66.9 Å². The largest absolute Gasteiger partial charge is 0.324 e. The van der Waals surface area contributed by atoms with Crippen LogP contribution in [0.25, 0.3) is 0 Å². The summed E-state index contributed by atoms with van der Waals surface area (Å²) in [6, 6.07) is 0. The first-order valence-electron chi connectivity index (χ1n) is 4.05. The zero-order chi connectivity index (χ0) is 8.11. The second-order valence-electron chi connectivity index (χ2n) is 3.73. The maximum atomic E-state index is 11.4. The van der Waals surface area contributed by atoms with E-state index in [1.807, 2.05) is 0 Å². The molecule has 2 rings (SSSR count). The summed E-state index contributed by atoms with van der Waals surface area (Å²) in [4.78, 5) is 0. The molecule has 0 spiro atoms. The van der Waals surface area contributed by atoms with Gasteiger partial charge >= 0.3 is 0 Å².